The Kier molecular flexibility index (Phi) is 11.6. The van der Waals surface area contributed by atoms with Crippen LogP contribution in [0.15, 0.2) is 48.6 Å². The van der Waals surface area contributed by atoms with Crippen molar-refractivity contribution in [3.63, 3.8) is 0 Å². The minimum Gasteiger partial charge on any atom is -0.496 e. The summed E-state index contributed by atoms with van der Waals surface area (Å²) in [6.45, 7) is 18.5. The number of carbonyl (C=O) groups excluding carboxylic acids is 3. The molecular weight excluding hydrogens is 875 g/mol. The van der Waals surface area contributed by atoms with Crippen LogP contribution in [-0.4, -0.2) is 144 Å². The van der Waals surface area contributed by atoms with E-state index in [9.17, 15) is 14.7 Å². The van der Waals surface area contributed by atoms with Crippen molar-refractivity contribution < 1.29 is 43.3 Å². The number of anilines is 1. The summed E-state index contributed by atoms with van der Waals surface area (Å²) < 4.78 is 24.5. The first-order valence-electron chi connectivity index (χ1n) is 25.5. The largest absolute Gasteiger partial charge is 0.496 e. The van der Waals surface area contributed by atoms with E-state index in [1.807, 2.05) is 31.0 Å². The zero-order chi connectivity index (χ0) is 49.3. The Labute approximate surface area is 407 Å². The van der Waals surface area contributed by atoms with Crippen molar-refractivity contribution in [1.29, 1.82) is 0 Å². The molecule has 4 fully saturated rings. The van der Waals surface area contributed by atoms with E-state index in [2.05, 4.69) is 90.9 Å². The number of para-hydroxylation sites is 1. The molecule has 14 heteroatoms. The third kappa shape index (κ3) is 6.63. The number of piperidine rings is 2. The molecule has 2 aromatic carbocycles. The van der Waals surface area contributed by atoms with Gasteiger partial charge in [-0.15, -0.1) is 0 Å². The summed E-state index contributed by atoms with van der Waals surface area (Å²) >= 11 is 0. The van der Waals surface area contributed by atoms with Crippen LogP contribution in [0.5, 0.6) is 5.75 Å². The maximum Gasteiger partial charge on any atom is 0.344 e. The molecule has 2 bridgehead atoms. The van der Waals surface area contributed by atoms with Gasteiger partial charge in [0.2, 0.25) is 5.60 Å². The second-order valence-electron chi connectivity index (χ2n) is 23.0. The lowest BCUT2D eigenvalue weighted by Crippen LogP contribution is -2.81. The van der Waals surface area contributed by atoms with Crippen LogP contribution in [0.4, 0.5) is 5.69 Å². The number of aromatic nitrogens is 1. The number of methoxy groups -OCH3 is 3. The maximum atomic E-state index is 15.8. The van der Waals surface area contributed by atoms with Gasteiger partial charge in [0, 0.05) is 102 Å². The van der Waals surface area contributed by atoms with Crippen molar-refractivity contribution >= 4 is 34.5 Å². The number of fused-ring (bicyclic) bond motifs is 6. The number of rotatable bonds is 9. The van der Waals surface area contributed by atoms with Crippen molar-refractivity contribution in [1.82, 2.24) is 19.8 Å². The van der Waals surface area contributed by atoms with Crippen molar-refractivity contribution in [3.8, 4) is 5.75 Å². The van der Waals surface area contributed by atoms with Crippen LogP contribution in [0.3, 0.4) is 0 Å². The van der Waals surface area contributed by atoms with E-state index in [-0.39, 0.29) is 23.0 Å². The number of ether oxygens (including phenoxy) is 4. The summed E-state index contributed by atoms with van der Waals surface area (Å²) in [5.41, 5.74) is -1.34. The summed E-state index contributed by atoms with van der Waals surface area (Å²) in [4.78, 5) is 62.0. The summed E-state index contributed by atoms with van der Waals surface area (Å²) in [6.07, 6.45) is 9.77. The maximum absolute atomic E-state index is 15.8. The Bertz CT molecular complexity index is 2570. The Morgan fingerprint density at radius 1 is 0.884 bits per heavy atom. The van der Waals surface area contributed by atoms with Gasteiger partial charge in [0.1, 0.15) is 16.8 Å². The van der Waals surface area contributed by atoms with Gasteiger partial charge in [-0.1, -0.05) is 44.2 Å². The number of aliphatic hydroxyl groups is 1. The Morgan fingerprint density at radius 2 is 1.61 bits per heavy atom. The van der Waals surface area contributed by atoms with Crippen molar-refractivity contribution in [2.24, 2.45) is 11.3 Å². The fourth-order valence-electron chi connectivity index (χ4n) is 16.0. The van der Waals surface area contributed by atoms with E-state index in [1.165, 1.54) is 21.1 Å². The highest BCUT2D eigenvalue weighted by molar-refractivity contribution is 5.95. The number of nitrogens with zero attached hydrogens (tertiary/aromatic N) is 4. The van der Waals surface area contributed by atoms with Gasteiger partial charge in [-0.3, -0.25) is 24.2 Å². The molecule has 374 valence electrons. The van der Waals surface area contributed by atoms with Crippen LogP contribution < -0.4 is 9.64 Å². The molecule has 3 aromatic rings. The van der Waals surface area contributed by atoms with Gasteiger partial charge in [0.05, 0.1) is 27.4 Å². The minimum absolute atomic E-state index is 0.0282. The highest BCUT2D eigenvalue weighted by atomic mass is 16.7. The molecule has 1 saturated carbocycles. The van der Waals surface area contributed by atoms with Gasteiger partial charge >= 0.3 is 17.9 Å². The van der Waals surface area contributed by atoms with Gasteiger partial charge in [0.25, 0.3) is 0 Å². The minimum atomic E-state index is -2.30. The lowest BCUT2D eigenvalue weighted by atomic mass is 9.47. The van der Waals surface area contributed by atoms with E-state index in [4.69, 9.17) is 23.8 Å². The number of hydroxylamine groups is 2. The first kappa shape index (κ1) is 48.2. The van der Waals surface area contributed by atoms with Gasteiger partial charge in [-0.25, -0.2) is 4.79 Å². The number of benzene rings is 2. The van der Waals surface area contributed by atoms with E-state index >= 15 is 4.79 Å². The molecule has 14 nitrogen and oxygen atoms in total. The molecular formula is C55H75N5O9. The molecule has 1 unspecified atom stereocenters. The molecule has 1 aromatic heterocycles. The molecule has 69 heavy (non-hydrogen) atoms. The van der Waals surface area contributed by atoms with Crippen LogP contribution >= 0.6 is 0 Å². The van der Waals surface area contributed by atoms with Crippen LogP contribution in [0.25, 0.3) is 10.9 Å². The third-order valence-electron chi connectivity index (χ3n) is 18.5. The molecule has 7 aliphatic rings. The Balaban J connectivity index is 1.22. The molecule has 7 heterocycles. The van der Waals surface area contributed by atoms with Crippen molar-refractivity contribution in [2.75, 3.05) is 66.0 Å². The van der Waals surface area contributed by atoms with Crippen LogP contribution in [0, 0.1) is 11.3 Å². The molecule has 6 aliphatic heterocycles. The average molecular weight is 950 g/mol. The third-order valence-corrected chi connectivity index (χ3v) is 18.5. The molecule has 1 aliphatic carbocycles. The second-order valence-corrected chi connectivity index (χ2v) is 23.0. The first-order chi connectivity index (χ1) is 32.8. The highest BCUT2D eigenvalue weighted by Crippen LogP contribution is 2.68. The zero-order valence-electron chi connectivity index (χ0n) is 42.8. The van der Waals surface area contributed by atoms with Gasteiger partial charge in [0.15, 0.2) is 6.10 Å². The van der Waals surface area contributed by atoms with E-state index in [0.717, 1.165) is 85.1 Å². The number of hydrogen-bond acceptors (Lipinski definition) is 13. The monoisotopic (exact) mass is 950 g/mol. The standard InChI is InChI=1S/C55H75N5O9/c1-12-51(69-60-49(4,5)21-16-22-50(60,6)7)30-35-31-54(47(62)66-10,43-37(20-26-58(32-35)33-51)36-18-14-15-19-40(36)56-43)39-28-38-41(29-42(39)65-9)57(8)45-53(38)24-27-59-25-17-23-52(13-2,44(53)59)46(68-34(3)61)55(45,64)48(63)67-11/h14-15,17-19,23,28-29,35,44-46,56,64H,12-13,16,20-22,24-27,30-33H2,1-11H3/t35-,44-,45+,46+,51+,52+,53+,54-,55-/m0/s1. The fourth-order valence-corrected chi connectivity index (χ4v) is 16.0. The predicted octanol–water partition coefficient (Wildman–Crippen LogP) is 6.97. The first-order valence-corrected chi connectivity index (χ1v) is 25.5. The predicted molar refractivity (Wildman–Crippen MR) is 263 cm³/mol. The number of likely N-dealkylation sites (N-methyl/N-ethyl adjacent to an activating group) is 1. The molecule has 1 spiro atoms. The zero-order valence-corrected chi connectivity index (χ0v) is 42.8. The lowest BCUT2D eigenvalue weighted by molar-refractivity contribution is -0.347. The van der Waals surface area contributed by atoms with Crippen LogP contribution in [-0.2, 0) is 50.7 Å². The quantitative estimate of drug-likeness (QED) is 0.130. The number of hydrogen-bond donors (Lipinski definition) is 2. The Morgan fingerprint density at radius 3 is 2.28 bits per heavy atom. The SMILES string of the molecule is CC[C@@]1(ON2C(C)(C)CCCC2(C)C)C[C@@H]2CN(CCc3c([nH]c4ccccc34)[C@@](C(=O)OC)(c3cc4c(cc3OC)N(C)[C@H]3[C@@](O)(C(=O)OC)[C@H](OC(C)=O)[C@]5(CC)C=CCN6CC[C@]43[C@@H]65)C2)C1. The summed E-state index contributed by atoms with van der Waals surface area (Å²) in [5, 5.41) is 16.9. The summed E-state index contributed by atoms with van der Waals surface area (Å²) in [5.74, 6) is -1.39. The number of H-pyrrole nitrogens is 1. The van der Waals surface area contributed by atoms with E-state index in [0.29, 0.717) is 50.1 Å². The number of nitrogens with one attached hydrogen (secondary N) is 1. The molecule has 2 N–H and O–H groups in total. The number of carbonyl (C=O) groups is 3. The normalized spacial score (nSPS) is 36.5. The topological polar surface area (TPSA) is 146 Å². The molecule has 10 atom stereocenters. The molecule has 0 radical (unpaired) electrons. The van der Waals surface area contributed by atoms with Gasteiger partial charge in [-0.2, -0.15) is 5.06 Å². The fraction of sp³-hybridized carbons (Fsp3) is 0.655. The summed E-state index contributed by atoms with van der Waals surface area (Å²) in [6, 6.07) is 11.3. The van der Waals surface area contributed by atoms with Crippen LogP contribution in [0.2, 0.25) is 0 Å². The van der Waals surface area contributed by atoms with E-state index < -0.39 is 57.5 Å². The molecule has 0 amide bonds. The molecule has 10 rings (SSSR count). The molecule has 3 saturated heterocycles. The Hall–Kier alpha value is -4.47. The summed E-state index contributed by atoms with van der Waals surface area (Å²) in [7, 11) is 6.30. The van der Waals surface area contributed by atoms with Crippen LogP contribution in [0.1, 0.15) is 122 Å². The van der Waals surface area contributed by atoms with Crippen molar-refractivity contribution in [3.05, 3.63) is 70.9 Å². The average Bonchev–Trinajstić information content (AvgIpc) is 3.99. The smallest absolute Gasteiger partial charge is 0.344 e. The number of esters is 3. The van der Waals surface area contributed by atoms with E-state index in [1.54, 1.807) is 7.11 Å². The second kappa shape index (κ2) is 16.5. The highest BCUT2D eigenvalue weighted by Gasteiger charge is 2.80. The van der Waals surface area contributed by atoms with Gasteiger partial charge < -0.3 is 33.9 Å². The van der Waals surface area contributed by atoms with Crippen molar-refractivity contribution in [2.45, 2.75) is 158 Å². The number of aromatic amines is 1. The lowest BCUT2D eigenvalue weighted by Gasteiger charge is -2.63. The van der Waals surface area contributed by atoms with Gasteiger partial charge in [-0.05, 0) is 121 Å².